The van der Waals surface area contributed by atoms with Crippen molar-refractivity contribution in [3.8, 4) is 0 Å². The van der Waals surface area contributed by atoms with Crippen LogP contribution in [-0.2, 0) is 27.3 Å². The third kappa shape index (κ3) is 5.85. The van der Waals surface area contributed by atoms with Gasteiger partial charge in [-0.3, -0.25) is 9.59 Å². The maximum atomic E-state index is 12.5. The first-order chi connectivity index (χ1) is 14.1. The van der Waals surface area contributed by atoms with Gasteiger partial charge in [-0.05, 0) is 37.1 Å². The Morgan fingerprint density at radius 2 is 1.97 bits per heavy atom. The van der Waals surface area contributed by atoms with E-state index in [0.717, 1.165) is 21.5 Å². The predicted molar refractivity (Wildman–Crippen MR) is 116 cm³/mol. The number of thiazole rings is 1. The van der Waals surface area contributed by atoms with Crippen molar-refractivity contribution in [3.63, 3.8) is 0 Å². The highest BCUT2D eigenvalue weighted by Crippen LogP contribution is 2.22. The van der Waals surface area contributed by atoms with E-state index in [1.165, 1.54) is 18.3 Å². The van der Waals surface area contributed by atoms with Gasteiger partial charge in [-0.2, -0.15) is 4.99 Å². The summed E-state index contributed by atoms with van der Waals surface area (Å²) in [6.45, 7) is 5.22. The van der Waals surface area contributed by atoms with E-state index in [1.807, 2.05) is 60.0 Å². The summed E-state index contributed by atoms with van der Waals surface area (Å²) in [4.78, 5) is 28.9. The van der Waals surface area contributed by atoms with E-state index < -0.39 is 0 Å². The zero-order valence-corrected chi connectivity index (χ0v) is 17.5. The fraction of sp³-hybridized carbons (Fsp3) is 0.318. The van der Waals surface area contributed by atoms with Gasteiger partial charge in [-0.25, -0.2) is 0 Å². The maximum Gasteiger partial charge on any atom is 0.248 e. The third-order valence-electron chi connectivity index (χ3n) is 4.36. The number of aromatic nitrogens is 1. The monoisotopic (exact) mass is 411 g/mol. The standard InChI is InChI=1S/C22H25N3O3S/c1-3-28-14-13-25-19-11-10-18(23-16(2)26)15-20(19)29-22(25)24-21(27)12-9-17-7-5-4-6-8-17/h4-8,10-11,15H,3,9,12-14H2,1-2H3,(H,23,26). The first kappa shape index (κ1) is 21.0. The Morgan fingerprint density at radius 1 is 1.17 bits per heavy atom. The molecule has 7 heteroatoms. The van der Waals surface area contributed by atoms with Crippen molar-refractivity contribution in [3.05, 3.63) is 58.9 Å². The topological polar surface area (TPSA) is 72.7 Å². The number of hydrogen-bond donors (Lipinski definition) is 1. The zero-order chi connectivity index (χ0) is 20.6. The molecule has 1 N–H and O–H groups in total. The molecule has 6 nitrogen and oxygen atoms in total. The van der Waals surface area contributed by atoms with Gasteiger partial charge in [0.05, 0.1) is 16.8 Å². The van der Waals surface area contributed by atoms with Crippen molar-refractivity contribution >= 4 is 39.1 Å². The molecule has 2 aromatic carbocycles. The van der Waals surface area contributed by atoms with Gasteiger partial charge in [-0.1, -0.05) is 41.7 Å². The zero-order valence-electron chi connectivity index (χ0n) is 16.7. The third-order valence-corrected chi connectivity index (χ3v) is 5.40. The van der Waals surface area contributed by atoms with Crippen LogP contribution in [0.4, 0.5) is 5.69 Å². The van der Waals surface area contributed by atoms with Gasteiger partial charge in [0.25, 0.3) is 0 Å². The van der Waals surface area contributed by atoms with Crippen LogP contribution in [0.1, 0.15) is 25.8 Å². The number of amides is 2. The second-order valence-corrected chi connectivity index (χ2v) is 7.60. The Hall–Kier alpha value is -2.77. The van der Waals surface area contributed by atoms with Crippen LogP contribution in [0.25, 0.3) is 10.2 Å². The first-order valence-corrected chi connectivity index (χ1v) is 10.5. The lowest BCUT2D eigenvalue weighted by molar-refractivity contribution is -0.118. The summed E-state index contributed by atoms with van der Waals surface area (Å²) in [7, 11) is 0. The molecular formula is C22H25N3O3S. The number of carbonyl (C=O) groups excluding carboxylic acids is 2. The molecule has 0 spiro atoms. The number of hydrogen-bond acceptors (Lipinski definition) is 4. The van der Waals surface area contributed by atoms with Gasteiger partial charge in [-0.15, -0.1) is 0 Å². The minimum absolute atomic E-state index is 0.119. The van der Waals surface area contributed by atoms with Crippen LogP contribution < -0.4 is 10.1 Å². The van der Waals surface area contributed by atoms with Gasteiger partial charge in [0.1, 0.15) is 0 Å². The molecule has 0 bridgehead atoms. The molecule has 3 rings (SSSR count). The summed E-state index contributed by atoms with van der Waals surface area (Å²) in [5, 5.41) is 2.79. The summed E-state index contributed by atoms with van der Waals surface area (Å²) >= 11 is 1.44. The van der Waals surface area contributed by atoms with E-state index >= 15 is 0 Å². The van der Waals surface area contributed by atoms with E-state index in [1.54, 1.807) is 0 Å². The quantitative estimate of drug-likeness (QED) is 0.574. The number of ether oxygens (including phenoxy) is 1. The van der Waals surface area contributed by atoms with Gasteiger partial charge in [0.15, 0.2) is 4.80 Å². The van der Waals surface area contributed by atoms with E-state index in [9.17, 15) is 9.59 Å². The number of anilines is 1. The molecule has 1 heterocycles. The Balaban J connectivity index is 1.88. The molecule has 0 aliphatic heterocycles. The molecule has 0 fully saturated rings. The number of aryl methyl sites for hydroxylation is 1. The van der Waals surface area contributed by atoms with Crippen LogP contribution in [-0.4, -0.2) is 29.6 Å². The number of benzene rings is 2. The number of nitrogens with one attached hydrogen (secondary N) is 1. The summed E-state index contributed by atoms with van der Waals surface area (Å²) in [6.07, 6.45) is 1.03. The van der Waals surface area contributed by atoms with Crippen molar-refractivity contribution in [2.45, 2.75) is 33.2 Å². The summed E-state index contributed by atoms with van der Waals surface area (Å²) in [5.41, 5.74) is 2.82. The van der Waals surface area contributed by atoms with E-state index in [0.29, 0.717) is 37.4 Å². The van der Waals surface area contributed by atoms with Crippen molar-refractivity contribution < 1.29 is 14.3 Å². The number of rotatable bonds is 8. The fourth-order valence-electron chi connectivity index (χ4n) is 3.01. The Morgan fingerprint density at radius 3 is 2.69 bits per heavy atom. The molecule has 0 radical (unpaired) electrons. The molecule has 0 atom stereocenters. The Kier molecular flexibility index (Phi) is 7.32. The van der Waals surface area contributed by atoms with Crippen molar-refractivity contribution in [2.24, 2.45) is 4.99 Å². The lowest BCUT2D eigenvalue weighted by Gasteiger charge is -2.06. The Labute approximate surface area is 173 Å². The molecule has 152 valence electrons. The minimum Gasteiger partial charge on any atom is -0.380 e. The second kappa shape index (κ2) is 10.1. The van der Waals surface area contributed by atoms with Crippen LogP contribution >= 0.6 is 11.3 Å². The molecule has 3 aromatic rings. The predicted octanol–water partition coefficient (Wildman–Crippen LogP) is 3.76. The molecular weight excluding hydrogens is 386 g/mol. The van der Waals surface area contributed by atoms with E-state index in [-0.39, 0.29) is 11.8 Å². The highest BCUT2D eigenvalue weighted by atomic mass is 32.1. The molecule has 0 aliphatic carbocycles. The van der Waals surface area contributed by atoms with Gasteiger partial charge < -0.3 is 14.6 Å². The maximum absolute atomic E-state index is 12.5. The fourth-order valence-corrected chi connectivity index (χ4v) is 4.13. The van der Waals surface area contributed by atoms with E-state index in [4.69, 9.17) is 4.74 Å². The first-order valence-electron chi connectivity index (χ1n) is 9.67. The highest BCUT2D eigenvalue weighted by Gasteiger charge is 2.10. The summed E-state index contributed by atoms with van der Waals surface area (Å²) in [5.74, 6) is -0.265. The van der Waals surface area contributed by atoms with E-state index in [2.05, 4.69) is 10.3 Å². The average Bonchev–Trinajstić information content (AvgIpc) is 3.03. The normalized spacial score (nSPS) is 11.7. The van der Waals surface area contributed by atoms with Gasteiger partial charge in [0.2, 0.25) is 11.8 Å². The second-order valence-electron chi connectivity index (χ2n) is 6.59. The smallest absolute Gasteiger partial charge is 0.248 e. The molecule has 0 aliphatic rings. The van der Waals surface area contributed by atoms with Crippen molar-refractivity contribution in [1.29, 1.82) is 0 Å². The number of nitrogens with zero attached hydrogens (tertiary/aromatic N) is 2. The van der Waals surface area contributed by atoms with Crippen molar-refractivity contribution in [1.82, 2.24) is 4.57 Å². The number of fused-ring (bicyclic) bond motifs is 1. The Bertz CT molecular complexity index is 1050. The summed E-state index contributed by atoms with van der Waals surface area (Å²) < 4.78 is 8.47. The lowest BCUT2D eigenvalue weighted by Crippen LogP contribution is -2.19. The van der Waals surface area contributed by atoms with Gasteiger partial charge >= 0.3 is 0 Å². The van der Waals surface area contributed by atoms with Crippen LogP contribution in [0.5, 0.6) is 0 Å². The van der Waals surface area contributed by atoms with Gasteiger partial charge in [0, 0.05) is 32.2 Å². The lowest BCUT2D eigenvalue weighted by atomic mass is 10.1. The highest BCUT2D eigenvalue weighted by molar-refractivity contribution is 7.16. The van der Waals surface area contributed by atoms with Crippen LogP contribution in [0.2, 0.25) is 0 Å². The molecule has 2 amide bonds. The molecule has 0 unspecified atom stereocenters. The summed E-state index contributed by atoms with van der Waals surface area (Å²) in [6, 6.07) is 15.6. The molecule has 1 aromatic heterocycles. The minimum atomic E-state index is -0.146. The van der Waals surface area contributed by atoms with Crippen LogP contribution in [0.3, 0.4) is 0 Å². The average molecular weight is 412 g/mol. The van der Waals surface area contributed by atoms with Crippen molar-refractivity contribution in [2.75, 3.05) is 18.5 Å². The number of carbonyl (C=O) groups is 2. The molecule has 0 saturated carbocycles. The van der Waals surface area contributed by atoms with Crippen LogP contribution in [0, 0.1) is 0 Å². The molecule has 29 heavy (non-hydrogen) atoms. The van der Waals surface area contributed by atoms with Crippen LogP contribution in [0.15, 0.2) is 53.5 Å². The largest absolute Gasteiger partial charge is 0.380 e. The molecule has 0 saturated heterocycles. The SMILES string of the molecule is CCOCCn1c(=NC(=O)CCc2ccccc2)sc2cc(NC(C)=O)ccc21.